The van der Waals surface area contributed by atoms with E-state index in [2.05, 4.69) is 0 Å². The van der Waals surface area contributed by atoms with Crippen molar-refractivity contribution in [2.75, 3.05) is 0 Å². The van der Waals surface area contributed by atoms with Crippen molar-refractivity contribution in [3.8, 4) is 0 Å². The molecule has 1 heterocycles. The standard InChI is InChI=1S/C24H42F18O6Si6/c1-7-49(13-19(25,26)27)43-50(8-2,14-20(28,29)30)45-52(10-4,16-22(34,35)36)47-54(12-6,18-24(40,41)42)48-53(11-5,17-23(37,38)39)46-51(9-3,44-49)15-21(31,32)33/h7-18H2,1-6H3. The third-order valence-electron chi connectivity index (χ3n) is 8.28. The van der Waals surface area contributed by atoms with Crippen molar-refractivity contribution in [2.24, 2.45) is 0 Å². The van der Waals surface area contributed by atoms with Crippen LogP contribution in [0.4, 0.5) is 79.0 Å². The summed E-state index contributed by atoms with van der Waals surface area (Å²) in [5.74, 6) is 0. The molecule has 0 N–H and O–H groups in total. The predicted octanol–water partition coefficient (Wildman–Crippen LogP) is 12.2. The van der Waals surface area contributed by atoms with E-state index in [1.165, 1.54) is 0 Å². The van der Waals surface area contributed by atoms with Crippen molar-refractivity contribution in [1.82, 2.24) is 0 Å². The zero-order valence-electron chi connectivity index (χ0n) is 29.7. The van der Waals surface area contributed by atoms with Crippen LogP contribution in [0.2, 0.25) is 72.5 Å². The van der Waals surface area contributed by atoms with Gasteiger partial charge in [-0.05, 0) is 36.3 Å². The first kappa shape index (κ1) is 51.8. The molecule has 1 fully saturated rings. The number of hydrogen-bond donors (Lipinski definition) is 0. The van der Waals surface area contributed by atoms with Gasteiger partial charge in [0.15, 0.2) is 0 Å². The second kappa shape index (κ2) is 17.6. The van der Waals surface area contributed by atoms with E-state index in [1.807, 2.05) is 0 Å². The van der Waals surface area contributed by atoms with Gasteiger partial charge in [-0.1, -0.05) is 41.5 Å². The first-order valence-corrected chi connectivity index (χ1v) is 29.8. The molecule has 0 atom stereocenters. The summed E-state index contributed by atoms with van der Waals surface area (Å²) in [4.78, 5) is 0. The Morgan fingerprint density at radius 1 is 0.241 bits per heavy atom. The molecule has 0 spiro atoms. The van der Waals surface area contributed by atoms with E-state index < -0.39 is 161 Å². The highest BCUT2D eigenvalue weighted by atomic mass is 28.5. The highest BCUT2D eigenvalue weighted by Crippen LogP contribution is 2.50. The molecule has 324 valence electrons. The van der Waals surface area contributed by atoms with E-state index in [-0.39, 0.29) is 0 Å². The molecule has 1 rings (SSSR count). The number of hydrogen-bond acceptors (Lipinski definition) is 6. The van der Waals surface area contributed by atoms with E-state index in [1.54, 1.807) is 0 Å². The Hall–Kier alpha value is -0.199. The molecule has 1 saturated heterocycles. The molecule has 1 aliphatic heterocycles. The lowest BCUT2D eigenvalue weighted by atomic mass is 10.8. The molecule has 30 heteroatoms. The van der Waals surface area contributed by atoms with Gasteiger partial charge in [0.2, 0.25) is 0 Å². The van der Waals surface area contributed by atoms with Gasteiger partial charge in [-0.25, -0.2) is 0 Å². The van der Waals surface area contributed by atoms with Crippen LogP contribution in [0.3, 0.4) is 0 Å². The monoisotopic (exact) mass is 936 g/mol. The first-order valence-electron chi connectivity index (χ1n) is 16.5. The molecule has 0 aliphatic carbocycles. The fraction of sp³-hybridized carbons (Fsp3) is 1.00. The maximum absolute atomic E-state index is 14.4. The molecular formula is C24H42F18O6Si6. The van der Waals surface area contributed by atoms with E-state index in [0.29, 0.717) is 0 Å². The third-order valence-corrected chi connectivity index (χ3v) is 38.2. The molecule has 0 aromatic heterocycles. The van der Waals surface area contributed by atoms with Crippen LogP contribution in [0.1, 0.15) is 41.5 Å². The van der Waals surface area contributed by atoms with Crippen LogP contribution in [0, 0.1) is 0 Å². The number of halogens is 18. The minimum Gasteiger partial charge on any atom is -0.415 e. The largest absolute Gasteiger partial charge is 0.415 e. The van der Waals surface area contributed by atoms with Gasteiger partial charge in [-0.3, -0.25) is 0 Å². The maximum atomic E-state index is 14.4. The fourth-order valence-electron chi connectivity index (χ4n) is 6.04. The molecule has 0 unspecified atom stereocenters. The molecule has 0 radical (unpaired) electrons. The van der Waals surface area contributed by atoms with E-state index in [4.69, 9.17) is 24.7 Å². The Bertz CT molecular complexity index is 949. The molecule has 6 nitrogen and oxygen atoms in total. The molecule has 54 heavy (non-hydrogen) atoms. The summed E-state index contributed by atoms with van der Waals surface area (Å²) in [6.07, 6.45) is -33.3. The van der Waals surface area contributed by atoms with Crippen LogP contribution in [0.5, 0.6) is 0 Å². The summed E-state index contributed by atoms with van der Waals surface area (Å²) in [6, 6.07) is -21.6. The van der Waals surface area contributed by atoms with Gasteiger partial charge in [-0.15, -0.1) is 0 Å². The fourth-order valence-corrected chi connectivity index (χ4v) is 41.1. The maximum Gasteiger partial charge on any atom is 0.391 e. The van der Waals surface area contributed by atoms with E-state index >= 15 is 0 Å². The molecule has 1 aliphatic rings. The van der Waals surface area contributed by atoms with Gasteiger partial charge < -0.3 is 24.7 Å². The van der Waals surface area contributed by atoms with Crippen LogP contribution in [-0.4, -0.2) is 88.4 Å². The zero-order chi connectivity index (χ0) is 42.7. The lowest BCUT2D eigenvalue weighted by Crippen LogP contribution is -2.71. The lowest BCUT2D eigenvalue weighted by molar-refractivity contribution is -0.118. The quantitative estimate of drug-likeness (QED) is 0.144. The van der Waals surface area contributed by atoms with Gasteiger partial charge in [0.1, 0.15) is 0 Å². The first-order chi connectivity index (χ1) is 23.8. The molecular weight excluding hydrogens is 895 g/mol. The lowest BCUT2D eigenvalue weighted by Gasteiger charge is -2.53. The summed E-state index contributed by atoms with van der Waals surface area (Å²) in [5, 5.41) is 0. The second-order valence-corrected chi connectivity index (χ2v) is 35.1. The van der Waals surface area contributed by atoms with Crippen LogP contribution >= 0.6 is 0 Å². The Balaban J connectivity index is 4.79. The summed E-state index contributed by atoms with van der Waals surface area (Å²) in [5.41, 5.74) is 0. The average molecular weight is 937 g/mol. The number of rotatable bonds is 12. The van der Waals surface area contributed by atoms with Crippen LogP contribution in [0.25, 0.3) is 0 Å². The third kappa shape index (κ3) is 16.6. The predicted molar refractivity (Wildman–Crippen MR) is 169 cm³/mol. The Kier molecular flexibility index (Phi) is 16.9. The summed E-state index contributed by atoms with van der Waals surface area (Å²) in [6.45, 7) is 4.75. The molecule has 0 bridgehead atoms. The highest BCUT2D eigenvalue weighted by Gasteiger charge is 2.68. The minimum atomic E-state index is -5.88. The summed E-state index contributed by atoms with van der Waals surface area (Å²) < 4.78 is 292. The smallest absolute Gasteiger partial charge is 0.391 e. The van der Waals surface area contributed by atoms with Crippen LogP contribution in [-0.2, 0) is 24.7 Å². The normalized spacial score (nSPS) is 33.3. The Morgan fingerprint density at radius 3 is 0.389 bits per heavy atom. The molecule has 0 aromatic carbocycles. The van der Waals surface area contributed by atoms with Crippen molar-refractivity contribution < 1.29 is 104 Å². The van der Waals surface area contributed by atoms with Gasteiger partial charge in [-0.2, -0.15) is 79.0 Å². The van der Waals surface area contributed by atoms with Gasteiger partial charge in [0.05, 0.1) is 36.3 Å². The van der Waals surface area contributed by atoms with E-state index in [0.717, 1.165) is 41.5 Å². The van der Waals surface area contributed by atoms with Crippen LogP contribution < -0.4 is 0 Å². The van der Waals surface area contributed by atoms with Crippen molar-refractivity contribution in [1.29, 1.82) is 0 Å². The Labute approximate surface area is 306 Å². The summed E-state index contributed by atoms with van der Waals surface area (Å²) in [7, 11) is -35.3. The average Bonchev–Trinajstić information content (AvgIpc) is 2.90. The zero-order valence-corrected chi connectivity index (χ0v) is 35.7. The molecule has 0 amide bonds. The van der Waals surface area contributed by atoms with Gasteiger partial charge >= 0.3 is 88.4 Å². The topological polar surface area (TPSA) is 55.4 Å². The molecule has 0 aromatic rings. The second-order valence-electron chi connectivity index (χ2n) is 12.9. The number of alkyl halides is 18. The SMILES string of the molecule is CC[Si]1(CC(F)(F)F)O[Si](CC)(CC(F)(F)F)O[Si](CC)(CC(F)(F)F)O[Si](CC)(CC(F)(F)F)O[Si](CC)(CC(F)(F)F)O[Si](CC)(CC(F)(F)F)O1. The van der Waals surface area contributed by atoms with Gasteiger partial charge in [0, 0.05) is 0 Å². The van der Waals surface area contributed by atoms with Gasteiger partial charge in [0.25, 0.3) is 0 Å². The summed E-state index contributed by atoms with van der Waals surface area (Å²) >= 11 is 0. The van der Waals surface area contributed by atoms with Crippen molar-refractivity contribution >= 4 is 51.4 Å². The van der Waals surface area contributed by atoms with Crippen molar-refractivity contribution in [3.05, 3.63) is 0 Å². The van der Waals surface area contributed by atoms with Crippen molar-refractivity contribution in [2.45, 2.75) is 151 Å². The Morgan fingerprint density at radius 2 is 0.333 bits per heavy atom. The van der Waals surface area contributed by atoms with Crippen molar-refractivity contribution in [3.63, 3.8) is 0 Å². The van der Waals surface area contributed by atoms with E-state index in [9.17, 15) is 79.0 Å². The molecule has 0 saturated carbocycles. The minimum absolute atomic E-state index is 0.792. The van der Waals surface area contributed by atoms with Crippen LogP contribution in [0.15, 0.2) is 0 Å². The highest BCUT2D eigenvalue weighted by molar-refractivity contribution is 6.95.